The van der Waals surface area contributed by atoms with E-state index < -0.39 is 0 Å². The van der Waals surface area contributed by atoms with Crippen molar-refractivity contribution in [3.8, 4) is 0 Å². The minimum atomic E-state index is -0.125. The Kier molecular flexibility index (Phi) is 3.53. The van der Waals surface area contributed by atoms with Crippen LogP contribution in [0.15, 0.2) is 10.9 Å². The maximum Gasteiger partial charge on any atom is 0.252 e. The number of aromatic amines is 1. The van der Waals surface area contributed by atoms with E-state index in [1.165, 1.54) is 6.07 Å². The van der Waals surface area contributed by atoms with Crippen LogP contribution in [0, 0.1) is 0 Å². The van der Waals surface area contributed by atoms with Gasteiger partial charge in [0.1, 0.15) is 0 Å². The fraction of sp³-hybridized carbons (Fsp3) is 0.600. The molecule has 88 valence electrons. The van der Waals surface area contributed by atoms with Gasteiger partial charge in [0.2, 0.25) is 5.95 Å². The molecule has 16 heavy (non-hydrogen) atoms. The molecule has 1 aliphatic heterocycles. The summed E-state index contributed by atoms with van der Waals surface area (Å²) in [5.41, 5.74) is 6.07. The van der Waals surface area contributed by atoms with Gasteiger partial charge in [0.25, 0.3) is 5.56 Å². The number of nitrogens with one attached hydrogen (secondary N) is 1. The Morgan fingerprint density at radius 3 is 2.94 bits per heavy atom. The lowest BCUT2D eigenvalue weighted by molar-refractivity contribution is 0.122. The van der Waals surface area contributed by atoms with Crippen molar-refractivity contribution in [2.75, 3.05) is 37.7 Å². The lowest BCUT2D eigenvalue weighted by atomic mass is 10.3. The smallest absolute Gasteiger partial charge is 0.252 e. The highest BCUT2D eigenvalue weighted by Gasteiger charge is 2.13. The molecule has 0 unspecified atom stereocenters. The summed E-state index contributed by atoms with van der Waals surface area (Å²) in [5.74, 6) is 0.624. The predicted octanol–water partition coefficient (Wildman–Crippen LogP) is -0.892. The molecule has 0 amide bonds. The maximum absolute atomic E-state index is 11.4. The summed E-state index contributed by atoms with van der Waals surface area (Å²) in [6.45, 7) is 3.36. The molecule has 1 aliphatic rings. The molecule has 6 heteroatoms. The van der Waals surface area contributed by atoms with Crippen molar-refractivity contribution in [3.05, 3.63) is 22.1 Å². The number of aromatic nitrogens is 2. The number of nitrogens with zero attached hydrogens (tertiary/aromatic N) is 2. The van der Waals surface area contributed by atoms with E-state index in [0.717, 1.165) is 18.8 Å². The quantitative estimate of drug-likeness (QED) is 0.695. The van der Waals surface area contributed by atoms with Crippen LogP contribution in [0.25, 0.3) is 0 Å². The van der Waals surface area contributed by atoms with Gasteiger partial charge in [-0.05, 0) is 6.54 Å². The molecule has 0 aromatic carbocycles. The molecular formula is C10H16N4O2. The molecule has 0 saturated carbocycles. The van der Waals surface area contributed by atoms with E-state index in [2.05, 4.69) is 9.97 Å². The van der Waals surface area contributed by atoms with E-state index in [1.807, 2.05) is 4.90 Å². The van der Waals surface area contributed by atoms with Gasteiger partial charge in [0.15, 0.2) is 0 Å². The van der Waals surface area contributed by atoms with Gasteiger partial charge in [-0.2, -0.15) is 0 Å². The molecule has 0 radical (unpaired) electrons. The topological polar surface area (TPSA) is 84.2 Å². The SMILES string of the molecule is NCCc1cc(=O)[nH]c(N2CCOCC2)n1. The standard InChI is InChI=1S/C10H16N4O2/c11-2-1-8-7-9(15)13-10(12-8)14-3-5-16-6-4-14/h7H,1-6,11H2,(H,12,13,15). The van der Waals surface area contributed by atoms with E-state index in [-0.39, 0.29) is 5.56 Å². The fourth-order valence-corrected chi connectivity index (χ4v) is 1.69. The highest BCUT2D eigenvalue weighted by atomic mass is 16.5. The molecule has 6 nitrogen and oxygen atoms in total. The summed E-state index contributed by atoms with van der Waals surface area (Å²) in [5, 5.41) is 0. The summed E-state index contributed by atoms with van der Waals surface area (Å²) < 4.78 is 5.25. The molecule has 1 fully saturated rings. The largest absolute Gasteiger partial charge is 0.378 e. The zero-order chi connectivity index (χ0) is 11.4. The zero-order valence-corrected chi connectivity index (χ0v) is 9.11. The van der Waals surface area contributed by atoms with Gasteiger partial charge in [0, 0.05) is 25.6 Å². The lowest BCUT2D eigenvalue weighted by Gasteiger charge is -2.27. The number of morpholine rings is 1. The first-order valence-electron chi connectivity index (χ1n) is 5.42. The van der Waals surface area contributed by atoms with E-state index in [9.17, 15) is 4.79 Å². The van der Waals surface area contributed by atoms with Gasteiger partial charge in [-0.3, -0.25) is 9.78 Å². The molecule has 2 heterocycles. The van der Waals surface area contributed by atoms with Gasteiger partial charge in [0.05, 0.1) is 18.9 Å². The number of rotatable bonds is 3. The molecule has 1 aromatic rings. The highest BCUT2D eigenvalue weighted by molar-refractivity contribution is 5.30. The molecule has 0 aliphatic carbocycles. The summed E-state index contributed by atoms with van der Waals surface area (Å²) >= 11 is 0. The number of nitrogens with two attached hydrogens (primary N) is 1. The van der Waals surface area contributed by atoms with Crippen molar-refractivity contribution in [3.63, 3.8) is 0 Å². The van der Waals surface area contributed by atoms with Crippen molar-refractivity contribution >= 4 is 5.95 Å². The van der Waals surface area contributed by atoms with Crippen molar-refractivity contribution in [1.29, 1.82) is 0 Å². The average Bonchev–Trinajstić information content (AvgIpc) is 2.30. The first kappa shape index (κ1) is 11.1. The maximum atomic E-state index is 11.4. The van der Waals surface area contributed by atoms with Crippen molar-refractivity contribution < 1.29 is 4.74 Å². The molecule has 0 spiro atoms. The number of hydrogen-bond acceptors (Lipinski definition) is 5. The van der Waals surface area contributed by atoms with Gasteiger partial charge in [-0.25, -0.2) is 4.98 Å². The molecule has 1 saturated heterocycles. The lowest BCUT2D eigenvalue weighted by Crippen LogP contribution is -2.38. The molecule has 0 atom stereocenters. The number of hydrogen-bond donors (Lipinski definition) is 2. The highest BCUT2D eigenvalue weighted by Crippen LogP contribution is 2.08. The predicted molar refractivity (Wildman–Crippen MR) is 60.6 cm³/mol. The van der Waals surface area contributed by atoms with Gasteiger partial charge >= 0.3 is 0 Å². The van der Waals surface area contributed by atoms with Crippen LogP contribution < -0.4 is 16.2 Å². The van der Waals surface area contributed by atoms with Crippen LogP contribution in [0.2, 0.25) is 0 Å². The van der Waals surface area contributed by atoms with Gasteiger partial charge in [-0.15, -0.1) is 0 Å². The van der Waals surface area contributed by atoms with Crippen LogP contribution in [-0.4, -0.2) is 42.8 Å². The summed E-state index contributed by atoms with van der Waals surface area (Å²) in [6, 6.07) is 1.50. The van der Waals surface area contributed by atoms with Crippen LogP contribution in [0.3, 0.4) is 0 Å². The number of ether oxygens (including phenoxy) is 1. The van der Waals surface area contributed by atoms with Crippen LogP contribution in [0.5, 0.6) is 0 Å². The van der Waals surface area contributed by atoms with E-state index >= 15 is 0 Å². The first-order chi connectivity index (χ1) is 7.79. The summed E-state index contributed by atoms with van der Waals surface area (Å²) in [4.78, 5) is 20.6. The Bertz CT molecular complexity index is 398. The van der Waals surface area contributed by atoms with Crippen LogP contribution >= 0.6 is 0 Å². The monoisotopic (exact) mass is 224 g/mol. The third kappa shape index (κ3) is 2.59. The Labute approximate surface area is 93.4 Å². The van der Waals surface area contributed by atoms with Crippen LogP contribution in [0.4, 0.5) is 5.95 Å². The number of H-pyrrole nitrogens is 1. The van der Waals surface area contributed by atoms with Crippen molar-refractivity contribution in [1.82, 2.24) is 9.97 Å². The molecule has 3 N–H and O–H groups in total. The minimum absolute atomic E-state index is 0.125. The average molecular weight is 224 g/mol. The molecule has 1 aromatic heterocycles. The third-order valence-corrected chi connectivity index (χ3v) is 2.49. The van der Waals surface area contributed by atoms with E-state index in [1.54, 1.807) is 0 Å². The Balaban J connectivity index is 2.21. The van der Waals surface area contributed by atoms with E-state index in [0.29, 0.717) is 32.1 Å². The summed E-state index contributed by atoms with van der Waals surface area (Å²) in [7, 11) is 0. The Morgan fingerprint density at radius 1 is 1.50 bits per heavy atom. The number of anilines is 1. The van der Waals surface area contributed by atoms with Crippen molar-refractivity contribution in [2.45, 2.75) is 6.42 Å². The molecule has 2 rings (SSSR count). The Hall–Kier alpha value is -1.40. The summed E-state index contributed by atoms with van der Waals surface area (Å²) in [6.07, 6.45) is 0.626. The second-order valence-electron chi connectivity index (χ2n) is 3.70. The van der Waals surface area contributed by atoms with Crippen molar-refractivity contribution in [2.24, 2.45) is 5.73 Å². The Morgan fingerprint density at radius 2 is 2.25 bits per heavy atom. The molecule has 0 bridgehead atoms. The minimum Gasteiger partial charge on any atom is -0.378 e. The van der Waals surface area contributed by atoms with E-state index in [4.69, 9.17) is 10.5 Å². The molecular weight excluding hydrogens is 208 g/mol. The normalized spacial score (nSPS) is 16.4. The first-order valence-corrected chi connectivity index (χ1v) is 5.42. The second kappa shape index (κ2) is 5.09. The zero-order valence-electron chi connectivity index (χ0n) is 9.11. The fourth-order valence-electron chi connectivity index (χ4n) is 1.69. The van der Waals surface area contributed by atoms with Gasteiger partial charge in [-0.1, -0.05) is 0 Å². The third-order valence-electron chi connectivity index (χ3n) is 2.49. The second-order valence-corrected chi connectivity index (χ2v) is 3.70. The van der Waals surface area contributed by atoms with Gasteiger partial charge < -0.3 is 15.4 Å². The van der Waals surface area contributed by atoms with Crippen LogP contribution in [0.1, 0.15) is 5.69 Å². The van der Waals surface area contributed by atoms with Crippen LogP contribution in [-0.2, 0) is 11.2 Å².